The highest BCUT2D eigenvalue weighted by Crippen LogP contribution is 2.56. The number of nitrogens with one attached hydrogen (secondary N) is 5. The van der Waals surface area contributed by atoms with E-state index < -0.39 is 54.6 Å². The third-order valence-corrected chi connectivity index (χ3v) is 11.0. The average Bonchev–Trinajstić information content (AvgIpc) is 3.15. The molecule has 0 saturated heterocycles. The van der Waals surface area contributed by atoms with Gasteiger partial charge in [0.15, 0.2) is 0 Å². The van der Waals surface area contributed by atoms with Gasteiger partial charge in [0.05, 0.1) is 70.7 Å². The number of hydrogen-bond acceptors (Lipinski definition) is 13. The summed E-state index contributed by atoms with van der Waals surface area (Å²) in [5.74, 6) is -2.78. The summed E-state index contributed by atoms with van der Waals surface area (Å²) in [6.45, 7) is 8.42. The third kappa shape index (κ3) is 22.9. The lowest BCUT2D eigenvalue weighted by Gasteiger charge is -2.33. The Kier molecular flexibility index (Phi) is 27.0. The van der Waals surface area contributed by atoms with Crippen LogP contribution in [0, 0.1) is 5.92 Å². The molecule has 19 nitrogen and oxygen atoms in total. The van der Waals surface area contributed by atoms with Gasteiger partial charge in [-0.15, -0.1) is 0 Å². The smallest absolute Gasteiger partial charge is 0.333 e. The van der Waals surface area contributed by atoms with Gasteiger partial charge in [-0.25, -0.2) is 0 Å². The van der Waals surface area contributed by atoms with E-state index in [1.165, 1.54) is 0 Å². The molecular weight excluding hydrogens is 757 g/mol. The van der Waals surface area contributed by atoms with Crippen molar-refractivity contribution in [3.8, 4) is 0 Å². The summed E-state index contributed by atoms with van der Waals surface area (Å²) in [7, 11) is 0.762. The summed E-state index contributed by atoms with van der Waals surface area (Å²) in [4.78, 5) is 75.9. The molecule has 0 heterocycles. The third-order valence-electron chi connectivity index (χ3n) is 8.74. The number of carbonyl (C=O) groups excluding carboxylic acids is 5. The van der Waals surface area contributed by atoms with E-state index in [0.29, 0.717) is 65.3 Å². The molecule has 1 aliphatic carbocycles. The highest BCUT2D eigenvalue weighted by Gasteiger charge is 2.40. The van der Waals surface area contributed by atoms with Gasteiger partial charge >= 0.3 is 7.60 Å². The van der Waals surface area contributed by atoms with E-state index in [9.17, 15) is 33.4 Å². The van der Waals surface area contributed by atoms with Gasteiger partial charge in [-0.3, -0.25) is 28.5 Å². The molecule has 1 aliphatic rings. The maximum atomic E-state index is 13.4. The number of hydrogen-bond donors (Lipinski definition) is 6. The second-order valence-electron chi connectivity index (χ2n) is 14.3. The first-order valence-electron chi connectivity index (χ1n) is 19.3. The van der Waals surface area contributed by atoms with E-state index in [0.717, 1.165) is 0 Å². The largest absolute Gasteiger partial charge is 0.382 e. The molecule has 0 radical (unpaired) electrons. The summed E-state index contributed by atoms with van der Waals surface area (Å²) >= 11 is 0. The Morgan fingerprint density at radius 2 is 1.05 bits per heavy atom. The highest BCUT2D eigenvalue weighted by atomic mass is 31.2. The van der Waals surface area contributed by atoms with E-state index in [-0.39, 0.29) is 77.0 Å². The lowest BCUT2D eigenvalue weighted by Crippen LogP contribution is -2.51. The van der Waals surface area contributed by atoms with Crippen LogP contribution in [-0.4, -0.2) is 158 Å². The SMILES string of the molecule is COCCOCCNC(=O)CCC(NC(=O)CCC(NC(=O)C1CCC(OP(=O)(O)C(C)(C)C)CC1)C(=O)NCCOCCOC)C(=O)NCCOCCOC. The second-order valence-corrected chi connectivity index (χ2v) is 16.9. The Bertz CT molecular complexity index is 1200. The predicted octanol–water partition coefficient (Wildman–Crippen LogP) is 0.413. The molecular formula is C36H68N5O14P. The van der Waals surface area contributed by atoms with Crippen LogP contribution in [0.5, 0.6) is 0 Å². The van der Waals surface area contributed by atoms with E-state index in [1.807, 2.05) is 0 Å². The first-order valence-corrected chi connectivity index (χ1v) is 20.9. The molecule has 0 aromatic carbocycles. The summed E-state index contributed by atoms with van der Waals surface area (Å²) in [5, 5.41) is 12.7. The van der Waals surface area contributed by atoms with E-state index in [2.05, 4.69) is 26.6 Å². The summed E-state index contributed by atoms with van der Waals surface area (Å²) < 4.78 is 49.2. The Balaban J connectivity index is 2.89. The van der Waals surface area contributed by atoms with Crippen molar-refractivity contribution < 1.29 is 66.4 Å². The Morgan fingerprint density at radius 1 is 0.625 bits per heavy atom. The molecule has 6 N–H and O–H groups in total. The Morgan fingerprint density at radius 3 is 1.50 bits per heavy atom. The van der Waals surface area contributed by atoms with Crippen molar-refractivity contribution in [2.45, 2.75) is 95.5 Å². The number of methoxy groups -OCH3 is 3. The topological polar surface area (TPSA) is 247 Å². The van der Waals surface area contributed by atoms with Crippen molar-refractivity contribution in [1.29, 1.82) is 0 Å². The average molecular weight is 826 g/mol. The van der Waals surface area contributed by atoms with E-state index in [4.69, 9.17) is 32.9 Å². The number of carbonyl (C=O) groups is 5. The number of ether oxygens (including phenoxy) is 6. The van der Waals surface area contributed by atoms with Gasteiger partial charge in [0.1, 0.15) is 12.1 Å². The molecule has 1 saturated carbocycles. The minimum Gasteiger partial charge on any atom is -0.382 e. The fourth-order valence-corrected chi connectivity index (χ4v) is 6.19. The van der Waals surface area contributed by atoms with Crippen molar-refractivity contribution >= 4 is 37.1 Å². The minimum atomic E-state index is -3.88. The van der Waals surface area contributed by atoms with Gasteiger partial charge in [-0.2, -0.15) is 0 Å². The zero-order valence-corrected chi connectivity index (χ0v) is 35.0. The molecule has 0 aromatic rings. The van der Waals surface area contributed by atoms with Gasteiger partial charge in [-0.05, 0) is 59.3 Å². The molecule has 0 aromatic heterocycles. The molecule has 0 aliphatic heterocycles. The lowest BCUT2D eigenvalue weighted by molar-refractivity contribution is -0.133. The van der Waals surface area contributed by atoms with Crippen LogP contribution < -0.4 is 26.6 Å². The van der Waals surface area contributed by atoms with Crippen molar-refractivity contribution in [1.82, 2.24) is 26.6 Å². The van der Waals surface area contributed by atoms with Crippen molar-refractivity contribution in [3.63, 3.8) is 0 Å². The summed E-state index contributed by atoms with van der Waals surface area (Å²) in [5.41, 5.74) is 0. The summed E-state index contributed by atoms with van der Waals surface area (Å²) in [6.07, 6.45) is 0.683. The van der Waals surface area contributed by atoms with Crippen LogP contribution in [0.1, 0.15) is 72.1 Å². The predicted molar refractivity (Wildman–Crippen MR) is 206 cm³/mol. The fourth-order valence-electron chi connectivity index (χ4n) is 5.26. The second kappa shape index (κ2) is 29.5. The van der Waals surface area contributed by atoms with Gasteiger partial charge in [0, 0.05) is 59.7 Å². The van der Waals surface area contributed by atoms with Crippen LogP contribution in [0.25, 0.3) is 0 Å². The molecule has 56 heavy (non-hydrogen) atoms. The van der Waals surface area contributed by atoms with Gasteiger partial charge in [0.25, 0.3) is 0 Å². The van der Waals surface area contributed by atoms with Crippen LogP contribution in [0.15, 0.2) is 0 Å². The first kappa shape index (κ1) is 51.3. The van der Waals surface area contributed by atoms with Gasteiger partial charge in [-0.1, -0.05) is 0 Å². The normalized spacial score (nSPS) is 17.9. The quantitative estimate of drug-likeness (QED) is 0.0410. The summed E-state index contributed by atoms with van der Waals surface area (Å²) in [6, 6.07) is -2.16. The molecule has 0 bridgehead atoms. The maximum Gasteiger partial charge on any atom is 0.333 e. The Labute approximate surface area is 331 Å². The van der Waals surface area contributed by atoms with Crippen LogP contribution in [0.2, 0.25) is 0 Å². The van der Waals surface area contributed by atoms with Crippen molar-refractivity contribution in [3.05, 3.63) is 0 Å². The zero-order valence-electron chi connectivity index (χ0n) is 34.2. The van der Waals surface area contributed by atoms with Crippen molar-refractivity contribution in [2.24, 2.45) is 5.92 Å². The molecule has 1 fully saturated rings. The number of rotatable bonds is 31. The monoisotopic (exact) mass is 825 g/mol. The van der Waals surface area contributed by atoms with Crippen LogP contribution in [0.3, 0.4) is 0 Å². The molecule has 0 spiro atoms. The molecule has 1 rings (SSSR count). The van der Waals surface area contributed by atoms with Crippen LogP contribution >= 0.6 is 7.60 Å². The van der Waals surface area contributed by atoms with Crippen molar-refractivity contribution in [2.75, 3.05) is 100 Å². The molecule has 3 atom stereocenters. The van der Waals surface area contributed by atoms with Crippen LogP contribution in [-0.2, 0) is 61.5 Å². The highest BCUT2D eigenvalue weighted by molar-refractivity contribution is 7.54. The van der Waals surface area contributed by atoms with Gasteiger partial charge < -0.3 is 64.4 Å². The Hall–Kier alpha value is -2.74. The maximum absolute atomic E-state index is 13.4. The van der Waals surface area contributed by atoms with Crippen LogP contribution in [0.4, 0.5) is 0 Å². The first-order chi connectivity index (χ1) is 26.6. The molecule has 326 valence electrons. The fraction of sp³-hybridized carbons (Fsp3) is 0.861. The molecule has 20 heteroatoms. The standard InChI is InChI=1S/C36H68N5O14P/c1-36(2,3)56(47,48)55-28-9-7-27(8-10-28)33(44)41-30(35(46)39-17-20-54-26-23-51-6)12-14-32(43)40-29(34(45)38-16-19-53-25-22-50-5)11-13-31(42)37-15-18-52-24-21-49-4/h27-30H,7-26H2,1-6H3,(H,37,42)(H,38,45)(H,39,46)(H,40,43)(H,41,44)(H,47,48). The number of amides is 5. The van der Waals surface area contributed by atoms with E-state index in [1.54, 1.807) is 42.1 Å². The lowest BCUT2D eigenvalue weighted by atomic mass is 9.86. The molecule has 3 unspecified atom stereocenters. The minimum absolute atomic E-state index is 0.00390. The zero-order chi connectivity index (χ0) is 41.8. The van der Waals surface area contributed by atoms with E-state index >= 15 is 0 Å². The van der Waals surface area contributed by atoms with Gasteiger partial charge in [0.2, 0.25) is 29.5 Å². The molecule has 5 amide bonds.